The maximum Gasteiger partial charge on any atom is 0.0297 e. The van der Waals surface area contributed by atoms with E-state index in [0.29, 0.717) is 6.04 Å². The fraction of sp³-hybridized carbons (Fsp3) is 0.818. The maximum atomic E-state index is 5.80. The van der Waals surface area contributed by atoms with Crippen molar-refractivity contribution in [2.75, 3.05) is 19.6 Å². The van der Waals surface area contributed by atoms with Crippen LogP contribution in [0.1, 0.15) is 26.2 Å². The predicted molar refractivity (Wildman–Crippen MR) is 65.5 cm³/mol. The molecule has 0 aliphatic carbocycles. The summed E-state index contributed by atoms with van der Waals surface area (Å²) < 4.78 is 1.06. The van der Waals surface area contributed by atoms with Crippen LogP contribution in [-0.2, 0) is 0 Å². The number of nitrogens with zero attached hydrogens (tertiary/aromatic N) is 1. The molecule has 1 fully saturated rings. The van der Waals surface area contributed by atoms with Crippen LogP contribution in [0, 0.1) is 5.92 Å². The van der Waals surface area contributed by atoms with E-state index in [9.17, 15) is 0 Å². The molecule has 0 amide bonds. The van der Waals surface area contributed by atoms with Gasteiger partial charge in [-0.3, -0.25) is 4.90 Å². The predicted octanol–water partition coefficient (Wildman–Crippen LogP) is 2.34. The van der Waals surface area contributed by atoms with E-state index in [4.69, 9.17) is 5.73 Å². The number of rotatable bonds is 4. The highest BCUT2D eigenvalue weighted by Crippen LogP contribution is 2.25. The Hall–Kier alpha value is 0.140. The van der Waals surface area contributed by atoms with Gasteiger partial charge in [0.15, 0.2) is 0 Å². The fourth-order valence-electron chi connectivity index (χ4n) is 2.23. The molecule has 0 bridgehead atoms. The molecule has 2 atom stereocenters. The van der Waals surface area contributed by atoms with E-state index in [1.165, 1.54) is 25.8 Å². The Kier molecular flexibility index (Phi) is 5.13. The van der Waals surface area contributed by atoms with Crippen molar-refractivity contribution in [3.05, 3.63) is 11.1 Å². The minimum Gasteiger partial charge on any atom is -0.329 e. The number of halogens is 1. The van der Waals surface area contributed by atoms with Crippen LogP contribution in [0.15, 0.2) is 11.1 Å². The van der Waals surface area contributed by atoms with Gasteiger partial charge in [0.2, 0.25) is 0 Å². The number of hydrogen-bond acceptors (Lipinski definition) is 2. The second kappa shape index (κ2) is 5.89. The number of hydrogen-bond donors (Lipinski definition) is 1. The van der Waals surface area contributed by atoms with Crippen molar-refractivity contribution in [3.63, 3.8) is 0 Å². The van der Waals surface area contributed by atoms with E-state index in [1.807, 2.05) is 0 Å². The van der Waals surface area contributed by atoms with Crippen molar-refractivity contribution >= 4 is 15.9 Å². The fourth-order valence-corrected chi connectivity index (χ4v) is 2.55. The third kappa shape index (κ3) is 3.37. The van der Waals surface area contributed by atoms with Gasteiger partial charge in [-0.2, -0.15) is 0 Å². The van der Waals surface area contributed by atoms with Gasteiger partial charge < -0.3 is 5.73 Å². The molecule has 1 aliphatic heterocycles. The average Bonchev–Trinajstić information content (AvgIpc) is 2.17. The molecular weight excluding hydrogens is 240 g/mol. The summed E-state index contributed by atoms with van der Waals surface area (Å²) in [6.07, 6.45) is 3.86. The summed E-state index contributed by atoms with van der Waals surface area (Å²) in [7, 11) is 0. The molecular formula is C11H21BrN2. The zero-order valence-corrected chi connectivity index (χ0v) is 10.6. The van der Waals surface area contributed by atoms with Crippen molar-refractivity contribution in [1.29, 1.82) is 0 Å². The van der Waals surface area contributed by atoms with E-state index < -0.39 is 0 Å². The minimum absolute atomic E-state index is 0.558. The van der Waals surface area contributed by atoms with Crippen molar-refractivity contribution in [2.24, 2.45) is 11.7 Å². The van der Waals surface area contributed by atoms with E-state index in [2.05, 4.69) is 34.3 Å². The molecule has 1 rings (SSSR count). The van der Waals surface area contributed by atoms with Crippen LogP contribution in [0.4, 0.5) is 0 Å². The van der Waals surface area contributed by atoms with Gasteiger partial charge in [0.05, 0.1) is 0 Å². The second-order valence-corrected chi connectivity index (χ2v) is 5.30. The third-order valence-electron chi connectivity index (χ3n) is 3.17. The first kappa shape index (κ1) is 12.2. The zero-order chi connectivity index (χ0) is 10.6. The molecule has 0 saturated carbocycles. The molecule has 2 N–H and O–H groups in total. The van der Waals surface area contributed by atoms with Crippen LogP contribution in [0.5, 0.6) is 0 Å². The molecule has 0 spiro atoms. The first-order valence-electron chi connectivity index (χ1n) is 5.44. The monoisotopic (exact) mass is 260 g/mol. The molecule has 3 heteroatoms. The molecule has 0 aromatic heterocycles. The Morgan fingerprint density at radius 1 is 1.64 bits per heavy atom. The van der Waals surface area contributed by atoms with E-state index in [0.717, 1.165) is 23.5 Å². The van der Waals surface area contributed by atoms with Gasteiger partial charge in [0.1, 0.15) is 0 Å². The van der Waals surface area contributed by atoms with Gasteiger partial charge in [-0.1, -0.05) is 35.9 Å². The summed E-state index contributed by atoms with van der Waals surface area (Å²) in [4.78, 5) is 2.45. The summed E-state index contributed by atoms with van der Waals surface area (Å²) in [5.74, 6) is 0.878. The minimum atomic E-state index is 0.558. The lowest BCUT2D eigenvalue weighted by Gasteiger charge is -2.38. The lowest BCUT2D eigenvalue weighted by atomic mass is 9.89. The van der Waals surface area contributed by atoms with Crippen molar-refractivity contribution in [2.45, 2.75) is 32.2 Å². The smallest absolute Gasteiger partial charge is 0.0297 e. The number of piperidine rings is 1. The molecule has 82 valence electrons. The van der Waals surface area contributed by atoms with E-state index >= 15 is 0 Å². The lowest BCUT2D eigenvalue weighted by Crippen LogP contribution is -2.46. The first-order chi connectivity index (χ1) is 6.67. The first-order valence-corrected chi connectivity index (χ1v) is 6.24. The Morgan fingerprint density at radius 2 is 2.36 bits per heavy atom. The molecule has 0 radical (unpaired) electrons. The van der Waals surface area contributed by atoms with Gasteiger partial charge in [-0.05, 0) is 25.3 Å². The van der Waals surface area contributed by atoms with Crippen LogP contribution in [0.2, 0.25) is 0 Å². The van der Waals surface area contributed by atoms with E-state index in [-0.39, 0.29) is 0 Å². The Balaban J connectivity index is 2.47. The maximum absolute atomic E-state index is 5.80. The summed E-state index contributed by atoms with van der Waals surface area (Å²) in [6.45, 7) is 9.06. The summed E-state index contributed by atoms with van der Waals surface area (Å²) in [6, 6.07) is 0.558. The topological polar surface area (TPSA) is 29.3 Å². The van der Waals surface area contributed by atoms with Gasteiger partial charge in [0.25, 0.3) is 0 Å². The van der Waals surface area contributed by atoms with Crippen molar-refractivity contribution in [3.8, 4) is 0 Å². The summed E-state index contributed by atoms with van der Waals surface area (Å²) in [5.41, 5.74) is 5.80. The molecule has 1 heterocycles. The normalized spacial score (nSPS) is 29.1. The second-order valence-electron chi connectivity index (χ2n) is 4.18. The third-order valence-corrected chi connectivity index (χ3v) is 3.42. The Bertz CT molecular complexity index is 194. The largest absolute Gasteiger partial charge is 0.329 e. The number of likely N-dealkylation sites (tertiary alicyclic amines) is 1. The molecule has 14 heavy (non-hydrogen) atoms. The Morgan fingerprint density at radius 3 is 2.86 bits per heavy atom. The van der Waals surface area contributed by atoms with Crippen LogP contribution in [0.25, 0.3) is 0 Å². The van der Waals surface area contributed by atoms with Crippen molar-refractivity contribution < 1.29 is 0 Å². The highest BCUT2D eigenvalue weighted by atomic mass is 79.9. The SMILES string of the molecule is C=C(Br)CN1CCC(CC)CC1CN. The molecule has 1 aliphatic rings. The molecule has 0 aromatic rings. The Labute approximate surface area is 95.7 Å². The van der Waals surface area contributed by atoms with Gasteiger partial charge in [0, 0.05) is 23.6 Å². The van der Waals surface area contributed by atoms with Crippen LogP contribution in [-0.4, -0.2) is 30.6 Å². The number of nitrogens with two attached hydrogens (primary N) is 1. The molecule has 2 nitrogen and oxygen atoms in total. The quantitative estimate of drug-likeness (QED) is 0.841. The van der Waals surface area contributed by atoms with E-state index in [1.54, 1.807) is 0 Å². The molecule has 2 unspecified atom stereocenters. The van der Waals surface area contributed by atoms with Gasteiger partial charge in [-0.25, -0.2) is 0 Å². The summed E-state index contributed by atoms with van der Waals surface area (Å²) in [5, 5.41) is 0. The van der Waals surface area contributed by atoms with Gasteiger partial charge >= 0.3 is 0 Å². The van der Waals surface area contributed by atoms with Crippen LogP contribution < -0.4 is 5.73 Å². The highest BCUT2D eigenvalue weighted by molar-refractivity contribution is 9.11. The van der Waals surface area contributed by atoms with Crippen molar-refractivity contribution in [1.82, 2.24) is 4.90 Å². The molecule has 1 saturated heterocycles. The standard InChI is InChI=1S/C11H21BrN2/c1-3-10-4-5-14(8-9(2)12)11(6-10)7-13/h10-11H,2-8,13H2,1H3. The average molecular weight is 261 g/mol. The molecule has 0 aromatic carbocycles. The highest BCUT2D eigenvalue weighted by Gasteiger charge is 2.26. The lowest BCUT2D eigenvalue weighted by molar-refractivity contribution is 0.127. The van der Waals surface area contributed by atoms with Gasteiger partial charge in [-0.15, -0.1) is 0 Å². The van der Waals surface area contributed by atoms with Crippen LogP contribution >= 0.6 is 15.9 Å². The zero-order valence-electron chi connectivity index (χ0n) is 9.01. The van der Waals surface area contributed by atoms with Crippen LogP contribution in [0.3, 0.4) is 0 Å². The summed E-state index contributed by atoms with van der Waals surface area (Å²) >= 11 is 3.42.